The first kappa shape index (κ1) is 12.5. The quantitative estimate of drug-likeness (QED) is 0.759. The number of fused-ring (bicyclic) bond motifs is 1. The molecule has 0 radical (unpaired) electrons. The SMILES string of the molecule is CC1C=CC=C(N)C1=C(O)c1cccc2ccccc12. The Bertz CT molecular complexity index is 748. The predicted molar refractivity (Wildman–Crippen MR) is 84.1 cm³/mol. The van der Waals surface area contributed by atoms with Crippen LogP contribution >= 0.6 is 0 Å². The van der Waals surface area contributed by atoms with E-state index in [0.717, 1.165) is 21.9 Å². The van der Waals surface area contributed by atoms with E-state index in [9.17, 15) is 5.11 Å². The molecule has 100 valence electrons. The molecule has 1 atom stereocenters. The molecule has 1 aliphatic carbocycles. The van der Waals surface area contributed by atoms with Gasteiger partial charge in [0.25, 0.3) is 0 Å². The Balaban J connectivity index is 2.25. The second-order valence-corrected chi connectivity index (χ2v) is 5.08. The van der Waals surface area contributed by atoms with E-state index in [1.807, 2.05) is 67.6 Å². The highest BCUT2D eigenvalue weighted by molar-refractivity contribution is 5.93. The summed E-state index contributed by atoms with van der Waals surface area (Å²) >= 11 is 0. The normalized spacial score (nSPS) is 20.9. The summed E-state index contributed by atoms with van der Waals surface area (Å²) in [5.41, 5.74) is 8.30. The molecule has 0 aliphatic heterocycles. The minimum Gasteiger partial charge on any atom is -0.507 e. The number of allylic oxidation sites excluding steroid dienone is 4. The van der Waals surface area contributed by atoms with Crippen LogP contribution in [-0.4, -0.2) is 5.11 Å². The van der Waals surface area contributed by atoms with E-state index in [-0.39, 0.29) is 11.7 Å². The molecule has 0 saturated carbocycles. The lowest BCUT2D eigenvalue weighted by Crippen LogP contribution is -2.12. The first-order chi connectivity index (χ1) is 9.68. The van der Waals surface area contributed by atoms with E-state index >= 15 is 0 Å². The van der Waals surface area contributed by atoms with Crippen molar-refractivity contribution in [1.82, 2.24) is 0 Å². The van der Waals surface area contributed by atoms with Gasteiger partial charge in [0.2, 0.25) is 0 Å². The molecule has 0 bridgehead atoms. The van der Waals surface area contributed by atoms with Crippen molar-refractivity contribution in [2.75, 3.05) is 0 Å². The molecule has 2 aromatic rings. The average Bonchev–Trinajstić information content (AvgIpc) is 2.46. The lowest BCUT2D eigenvalue weighted by atomic mass is 9.89. The number of hydrogen-bond donors (Lipinski definition) is 2. The van der Waals surface area contributed by atoms with Crippen molar-refractivity contribution in [3.8, 4) is 0 Å². The molecular weight excluding hydrogens is 246 g/mol. The standard InChI is InChI=1S/C18H17NO/c1-12-6-4-11-16(19)17(12)18(20)15-10-5-8-13-7-2-3-9-14(13)15/h2-12,20H,19H2,1H3. The number of hydrogen-bond acceptors (Lipinski definition) is 2. The van der Waals surface area contributed by atoms with E-state index in [2.05, 4.69) is 0 Å². The fraction of sp³-hybridized carbons (Fsp3) is 0.111. The summed E-state index contributed by atoms with van der Waals surface area (Å²) in [6.07, 6.45) is 5.80. The Hall–Kier alpha value is -2.48. The molecule has 0 aromatic heterocycles. The summed E-state index contributed by atoms with van der Waals surface area (Å²) in [6.45, 7) is 2.03. The molecule has 0 heterocycles. The monoisotopic (exact) mass is 263 g/mol. The van der Waals surface area contributed by atoms with Crippen LogP contribution in [0.15, 0.2) is 72.0 Å². The Morgan fingerprint density at radius 3 is 2.65 bits per heavy atom. The number of benzene rings is 2. The second-order valence-electron chi connectivity index (χ2n) is 5.08. The van der Waals surface area contributed by atoms with Gasteiger partial charge in [-0.25, -0.2) is 0 Å². The predicted octanol–water partition coefficient (Wildman–Crippen LogP) is 4.16. The number of aliphatic hydroxyl groups is 1. The van der Waals surface area contributed by atoms with Crippen molar-refractivity contribution >= 4 is 16.5 Å². The highest BCUT2D eigenvalue weighted by Gasteiger charge is 2.19. The Morgan fingerprint density at radius 1 is 1.10 bits per heavy atom. The maximum atomic E-state index is 10.7. The summed E-state index contributed by atoms with van der Waals surface area (Å²) in [4.78, 5) is 0. The molecule has 2 heteroatoms. The van der Waals surface area contributed by atoms with E-state index in [4.69, 9.17) is 5.73 Å². The molecule has 20 heavy (non-hydrogen) atoms. The number of aliphatic hydroxyl groups excluding tert-OH is 1. The van der Waals surface area contributed by atoms with Gasteiger partial charge in [0.15, 0.2) is 0 Å². The molecule has 0 saturated heterocycles. The fourth-order valence-electron chi connectivity index (χ4n) is 2.70. The van der Waals surface area contributed by atoms with Crippen LogP contribution in [0.4, 0.5) is 0 Å². The van der Waals surface area contributed by atoms with Gasteiger partial charge in [-0.05, 0) is 16.8 Å². The molecule has 0 fully saturated rings. The van der Waals surface area contributed by atoms with Gasteiger partial charge in [-0.15, -0.1) is 0 Å². The third-order valence-corrected chi connectivity index (χ3v) is 3.74. The first-order valence-electron chi connectivity index (χ1n) is 6.74. The van der Waals surface area contributed by atoms with Gasteiger partial charge in [0.05, 0.1) is 0 Å². The van der Waals surface area contributed by atoms with Gasteiger partial charge in [0.1, 0.15) is 5.76 Å². The van der Waals surface area contributed by atoms with Gasteiger partial charge in [-0.3, -0.25) is 0 Å². The van der Waals surface area contributed by atoms with Gasteiger partial charge in [-0.2, -0.15) is 0 Å². The zero-order valence-electron chi connectivity index (χ0n) is 11.4. The first-order valence-corrected chi connectivity index (χ1v) is 6.74. The van der Waals surface area contributed by atoms with Crippen molar-refractivity contribution in [3.63, 3.8) is 0 Å². The summed E-state index contributed by atoms with van der Waals surface area (Å²) in [7, 11) is 0. The van der Waals surface area contributed by atoms with Crippen LogP contribution < -0.4 is 5.73 Å². The topological polar surface area (TPSA) is 46.2 Å². The Morgan fingerprint density at radius 2 is 1.85 bits per heavy atom. The van der Waals surface area contributed by atoms with Crippen molar-refractivity contribution < 1.29 is 5.11 Å². The number of rotatable bonds is 1. The average molecular weight is 263 g/mol. The minimum absolute atomic E-state index is 0.110. The summed E-state index contributed by atoms with van der Waals surface area (Å²) < 4.78 is 0. The highest BCUT2D eigenvalue weighted by Crippen LogP contribution is 2.32. The molecule has 1 aliphatic rings. The molecule has 1 unspecified atom stereocenters. The van der Waals surface area contributed by atoms with Crippen molar-refractivity contribution in [3.05, 3.63) is 77.5 Å². The van der Waals surface area contributed by atoms with Crippen molar-refractivity contribution in [2.24, 2.45) is 11.7 Å². The van der Waals surface area contributed by atoms with Crippen LogP contribution in [0.5, 0.6) is 0 Å². The molecular formula is C18H17NO. The van der Waals surface area contributed by atoms with Gasteiger partial charge >= 0.3 is 0 Å². The second kappa shape index (κ2) is 4.89. The van der Waals surface area contributed by atoms with E-state index < -0.39 is 0 Å². The van der Waals surface area contributed by atoms with Crippen LogP contribution in [-0.2, 0) is 0 Å². The minimum atomic E-state index is 0.110. The third kappa shape index (κ3) is 1.99. The van der Waals surface area contributed by atoms with E-state index in [0.29, 0.717) is 5.70 Å². The molecule has 2 nitrogen and oxygen atoms in total. The van der Waals surface area contributed by atoms with Crippen LogP contribution in [0.25, 0.3) is 16.5 Å². The zero-order valence-corrected chi connectivity index (χ0v) is 11.4. The summed E-state index contributed by atoms with van der Waals surface area (Å²) in [5.74, 6) is 0.381. The Kier molecular flexibility index (Phi) is 3.07. The maximum Gasteiger partial charge on any atom is 0.129 e. The van der Waals surface area contributed by atoms with Crippen LogP contribution in [0.1, 0.15) is 12.5 Å². The highest BCUT2D eigenvalue weighted by atomic mass is 16.3. The van der Waals surface area contributed by atoms with Crippen LogP contribution in [0.3, 0.4) is 0 Å². The largest absolute Gasteiger partial charge is 0.507 e. The lowest BCUT2D eigenvalue weighted by molar-refractivity contribution is 0.502. The number of nitrogens with two attached hydrogens (primary N) is 1. The molecule has 3 rings (SSSR count). The fourth-order valence-corrected chi connectivity index (χ4v) is 2.70. The Labute approximate surface area is 118 Å². The van der Waals surface area contributed by atoms with E-state index in [1.165, 1.54) is 0 Å². The molecule has 0 amide bonds. The van der Waals surface area contributed by atoms with Crippen molar-refractivity contribution in [2.45, 2.75) is 6.92 Å². The summed E-state index contributed by atoms with van der Waals surface area (Å²) in [6, 6.07) is 14.0. The van der Waals surface area contributed by atoms with Crippen LogP contribution in [0, 0.1) is 5.92 Å². The lowest BCUT2D eigenvalue weighted by Gasteiger charge is -2.19. The van der Waals surface area contributed by atoms with Crippen molar-refractivity contribution in [1.29, 1.82) is 0 Å². The zero-order chi connectivity index (χ0) is 14.1. The molecule has 2 aromatic carbocycles. The van der Waals surface area contributed by atoms with Gasteiger partial charge in [-0.1, -0.05) is 61.5 Å². The van der Waals surface area contributed by atoms with Crippen LogP contribution in [0.2, 0.25) is 0 Å². The molecule has 3 N–H and O–H groups in total. The maximum absolute atomic E-state index is 10.7. The van der Waals surface area contributed by atoms with Gasteiger partial charge in [0, 0.05) is 22.8 Å². The molecule has 0 spiro atoms. The van der Waals surface area contributed by atoms with E-state index in [1.54, 1.807) is 0 Å². The smallest absolute Gasteiger partial charge is 0.129 e. The third-order valence-electron chi connectivity index (χ3n) is 3.74. The summed E-state index contributed by atoms with van der Waals surface area (Å²) in [5, 5.41) is 12.9. The van der Waals surface area contributed by atoms with Gasteiger partial charge < -0.3 is 10.8 Å².